The molecule has 2 rings (SSSR count). The molecule has 0 aliphatic carbocycles. The van der Waals surface area contributed by atoms with Crippen molar-refractivity contribution in [2.24, 2.45) is 5.92 Å². The smallest absolute Gasteiger partial charge is 0.408 e. The van der Waals surface area contributed by atoms with Gasteiger partial charge in [-0.05, 0) is 24.3 Å². The maximum absolute atomic E-state index is 12.0. The lowest BCUT2D eigenvalue weighted by Crippen LogP contribution is -2.60. The van der Waals surface area contributed by atoms with E-state index in [4.69, 9.17) is 4.74 Å². The summed E-state index contributed by atoms with van der Waals surface area (Å²) in [5, 5.41) is 12.2. The number of amides is 1. The summed E-state index contributed by atoms with van der Waals surface area (Å²) in [4.78, 5) is 26.0. The van der Waals surface area contributed by atoms with Crippen LogP contribution in [-0.2, 0) is 16.1 Å². The van der Waals surface area contributed by atoms with Crippen LogP contribution in [0.2, 0.25) is 0 Å². The number of carbonyl (C=O) groups excluding carboxylic acids is 1. The van der Waals surface area contributed by atoms with Crippen molar-refractivity contribution < 1.29 is 19.4 Å². The minimum absolute atomic E-state index is 0.127. The zero-order chi connectivity index (χ0) is 17.6. The monoisotopic (exact) mass is 334 g/mol. The van der Waals surface area contributed by atoms with Crippen molar-refractivity contribution >= 4 is 12.1 Å². The Kier molecular flexibility index (Phi) is 6.20. The second kappa shape index (κ2) is 8.15. The van der Waals surface area contributed by atoms with Crippen LogP contribution in [0.5, 0.6) is 0 Å². The van der Waals surface area contributed by atoms with E-state index in [1.165, 1.54) is 0 Å². The highest BCUT2D eigenvalue weighted by Gasteiger charge is 2.43. The van der Waals surface area contributed by atoms with Gasteiger partial charge in [-0.2, -0.15) is 0 Å². The lowest BCUT2D eigenvalue weighted by molar-refractivity contribution is -0.146. The molecule has 1 fully saturated rings. The number of hydrogen-bond donors (Lipinski definition) is 2. The topological polar surface area (TPSA) is 78.9 Å². The maximum atomic E-state index is 12.0. The van der Waals surface area contributed by atoms with E-state index in [0.29, 0.717) is 31.8 Å². The second-order valence-corrected chi connectivity index (χ2v) is 6.77. The third-order valence-corrected chi connectivity index (χ3v) is 4.30. The molecule has 0 bridgehead atoms. The standard InChI is InChI=1S/C18H26N2O4/c1-14(2)12-20-10-8-18(9-11-20,16(21)22)19-17(23)24-13-15-6-4-3-5-7-15/h3-7,14H,8-13H2,1-2H3,(H,19,23)(H,21,22). The Morgan fingerprint density at radius 2 is 1.88 bits per heavy atom. The molecular weight excluding hydrogens is 308 g/mol. The molecule has 132 valence electrons. The van der Waals surface area contributed by atoms with Crippen LogP contribution in [0.25, 0.3) is 0 Å². The normalized spacial score (nSPS) is 17.5. The van der Waals surface area contributed by atoms with E-state index < -0.39 is 17.6 Å². The number of carbonyl (C=O) groups is 2. The molecule has 0 saturated carbocycles. The first-order chi connectivity index (χ1) is 11.4. The number of ether oxygens (including phenoxy) is 1. The fourth-order valence-corrected chi connectivity index (χ4v) is 2.98. The van der Waals surface area contributed by atoms with Gasteiger partial charge in [0.05, 0.1) is 0 Å². The van der Waals surface area contributed by atoms with Gasteiger partial charge in [-0.15, -0.1) is 0 Å². The molecule has 0 unspecified atom stereocenters. The molecule has 0 aromatic heterocycles. The van der Waals surface area contributed by atoms with E-state index in [1.54, 1.807) is 0 Å². The van der Waals surface area contributed by atoms with Crippen molar-refractivity contribution in [2.45, 2.75) is 38.8 Å². The molecule has 0 radical (unpaired) electrons. The molecule has 6 nitrogen and oxygen atoms in total. The van der Waals surface area contributed by atoms with E-state index in [2.05, 4.69) is 24.1 Å². The van der Waals surface area contributed by atoms with Gasteiger partial charge in [0.25, 0.3) is 0 Å². The van der Waals surface area contributed by atoms with E-state index in [-0.39, 0.29) is 6.61 Å². The summed E-state index contributed by atoms with van der Waals surface area (Å²) in [6, 6.07) is 9.31. The van der Waals surface area contributed by atoms with Crippen LogP contribution >= 0.6 is 0 Å². The fraction of sp³-hybridized carbons (Fsp3) is 0.556. The zero-order valence-electron chi connectivity index (χ0n) is 14.3. The van der Waals surface area contributed by atoms with Gasteiger partial charge in [-0.1, -0.05) is 44.2 Å². The third-order valence-electron chi connectivity index (χ3n) is 4.30. The lowest BCUT2D eigenvalue weighted by Gasteiger charge is -2.39. The molecule has 1 aromatic carbocycles. The van der Waals surface area contributed by atoms with Gasteiger partial charge in [0, 0.05) is 19.6 Å². The molecule has 2 N–H and O–H groups in total. The van der Waals surface area contributed by atoms with Crippen molar-refractivity contribution in [1.82, 2.24) is 10.2 Å². The van der Waals surface area contributed by atoms with Gasteiger partial charge >= 0.3 is 12.1 Å². The SMILES string of the molecule is CC(C)CN1CCC(NC(=O)OCc2ccccc2)(C(=O)O)CC1. The maximum Gasteiger partial charge on any atom is 0.408 e. The zero-order valence-corrected chi connectivity index (χ0v) is 14.3. The van der Waals surface area contributed by atoms with Gasteiger partial charge in [0.15, 0.2) is 0 Å². The van der Waals surface area contributed by atoms with Gasteiger partial charge < -0.3 is 20.1 Å². The molecule has 1 aliphatic heterocycles. The summed E-state index contributed by atoms with van der Waals surface area (Å²) in [6.07, 6.45) is 0.0869. The molecule has 0 atom stereocenters. The fourth-order valence-electron chi connectivity index (χ4n) is 2.98. The Balaban J connectivity index is 1.89. The van der Waals surface area contributed by atoms with Crippen molar-refractivity contribution in [3.05, 3.63) is 35.9 Å². The molecule has 1 aromatic rings. The number of hydrogen-bond acceptors (Lipinski definition) is 4. The highest BCUT2D eigenvalue weighted by Crippen LogP contribution is 2.23. The van der Waals surface area contributed by atoms with Crippen LogP contribution in [0.4, 0.5) is 4.79 Å². The first-order valence-electron chi connectivity index (χ1n) is 8.36. The van der Waals surface area contributed by atoms with E-state index in [0.717, 1.165) is 12.1 Å². The number of carboxylic acids is 1. The number of nitrogens with zero attached hydrogens (tertiary/aromatic N) is 1. The van der Waals surface area contributed by atoms with Gasteiger partial charge in [-0.3, -0.25) is 0 Å². The Bertz CT molecular complexity index is 551. The Labute approximate surface area is 142 Å². The van der Waals surface area contributed by atoms with Crippen LogP contribution in [-0.4, -0.2) is 47.2 Å². The highest BCUT2D eigenvalue weighted by atomic mass is 16.5. The largest absolute Gasteiger partial charge is 0.480 e. The molecule has 1 aliphatic rings. The quantitative estimate of drug-likeness (QED) is 0.835. The van der Waals surface area contributed by atoms with E-state index in [1.807, 2.05) is 30.3 Å². The first kappa shape index (κ1) is 18.3. The number of benzene rings is 1. The Hall–Kier alpha value is -2.08. The van der Waals surface area contributed by atoms with Crippen LogP contribution in [0.3, 0.4) is 0 Å². The first-order valence-corrected chi connectivity index (χ1v) is 8.36. The van der Waals surface area contributed by atoms with Crippen molar-refractivity contribution in [3.63, 3.8) is 0 Å². The highest BCUT2D eigenvalue weighted by molar-refractivity contribution is 5.84. The summed E-state index contributed by atoms with van der Waals surface area (Å²) in [5.74, 6) is -0.463. The summed E-state index contributed by atoms with van der Waals surface area (Å²) in [7, 11) is 0. The number of alkyl carbamates (subject to hydrolysis) is 1. The number of nitrogens with one attached hydrogen (secondary N) is 1. The summed E-state index contributed by atoms with van der Waals surface area (Å²) >= 11 is 0. The van der Waals surface area contributed by atoms with Crippen molar-refractivity contribution in [2.75, 3.05) is 19.6 Å². The van der Waals surface area contributed by atoms with Gasteiger partial charge in [0.1, 0.15) is 12.1 Å². The number of aliphatic carboxylic acids is 1. The molecule has 1 heterocycles. The Morgan fingerprint density at radius 1 is 1.25 bits per heavy atom. The molecule has 1 saturated heterocycles. The van der Waals surface area contributed by atoms with Gasteiger partial charge in [0.2, 0.25) is 0 Å². The van der Waals surface area contributed by atoms with Crippen LogP contribution < -0.4 is 5.32 Å². The molecule has 24 heavy (non-hydrogen) atoms. The van der Waals surface area contributed by atoms with Crippen molar-refractivity contribution in [3.8, 4) is 0 Å². The molecule has 0 spiro atoms. The van der Waals surface area contributed by atoms with Gasteiger partial charge in [-0.25, -0.2) is 9.59 Å². The minimum Gasteiger partial charge on any atom is -0.480 e. The van der Waals surface area contributed by atoms with Crippen LogP contribution in [0, 0.1) is 5.92 Å². The molecular formula is C18H26N2O4. The predicted molar refractivity (Wildman–Crippen MR) is 90.6 cm³/mol. The molecule has 6 heteroatoms. The molecule has 1 amide bonds. The summed E-state index contributed by atoms with van der Waals surface area (Å²) in [6.45, 7) is 6.65. The minimum atomic E-state index is -1.23. The average Bonchev–Trinajstić information content (AvgIpc) is 2.55. The summed E-state index contributed by atoms with van der Waals surface area (Å²) < 4.78 is 5.17. The van der Waals surface area contributed by atoms with E-state index in [9.17, 15) is 14.7 Å². The summed E-state index contributed by atoms with van der Waals surface area (Å²) in [5.41, 5.74) is -0.370. The number of piperidine rings is 1. The average molecular weight is 334 g/mol. The Morgan fingerprint density at radius 3 is 2.42 bits per heavy atom. The van der Waals surface area contributed by atoms with Crippen molar-refractivity contribution in [1.29, 1.82) is 0 Å². The second-order valence-electron chi connectivity index (χ2n) is 6.77. The predicted octanol–water partition coefficient (Wildman–Crippen LogP) is 2.49. The van der Waals surface area contributed by atoms with Crippen LogP contribution in [0.1, 0.15) is 32.3 Å². The van der Waals surface area contributed by atoms with Crippen LogP contribution in [0.15, 0.2) is 30.3 Å². The third kappa shape index (κ3) is 4.96. The number of rotatable bonds is 6. The number of likely N-dealkylation sites (tertiary alicyclic amines) is 1. The lowest BCUT2D eigenvalue weighted by atomic mass is 9.87. The van der Waals surface area contributed by atoms with E-state index >= 15 is 0 Å². The number of carboxylic acid groups (broad SMARTS) is 1.